The van der Waals surface area contributed by atoms with Crippen LogP contribution in [0.25, 0.3) is 16.3 Å². The highest BCUT2D eigenvalue weighted by Crippen LogP contribution is 2.36. The van der Waals surface area contributed by atoms with Crippen LogP contribution in [0.1, 0.15) is 66.8 Å². The molecule has 0 spiro atoms. The summed E-state index contributed by atoms with van der Waals surface area (Å²) >= 11 is 1.46. The Hall–Kier alpha value is -4.67. The molecule has 2 amide bonds. The zero-order valence-electron chi connectivity index (χ0n) is 26.6. The Labute approximate surface area is 273 Å². The number of urea groups is 1. The van der Waals surface area contributed by atoms with Crippen molar-refractivity contribution >= 4 is 34.7 Å². The highest BCUT2D eigenvalue weighted by molar-refractivity contribution is 7.13. The number of piperidine rings is 1. The highest BCUT2D eigenvalue weighted by Gasteiger charge is 2.33. The molecule has 1 fully saturated rings. The molecule has 6 rings (SSSR count). The molecular formula is C36H39N7O2S. The van der Waals surface area contributed by atoms with Crippen LogP contribution in [0.3, 0.4) is 0 Å². The third kappa shape index (κ3) is 7.08. The number of hydrogen-bond acceptors (Lipinski definition) is 7. The second kappa shape index (κ2) is 13.4. The number of carbonyl (C=O) groups excluding carboxylic acids is 2. The number of benzene rings is 2. The molecule has 46 heavy (non-hydrogen) atoms. The topological polar surface area (TPSA) is 114 Å². The van der Waals surface area contributed by atoms with Gasteiger partial charge in [-0.2, -0.15) is 5.10 Å². The summed E-state index contributed by atoms with van der Waals surface area (Å²) in [4.78, 5) is 36.4. The molecule has 0 aliphatic carbocycles. The number of rotatable bonds is 8. The molecule has 2 aromatic carbocycles. The summed E-state index contributed by atoms with van der Waals surface area (Å²) < 4.78 is 1.76. The van der Waals surface area contributed by atoms with Crippen molar-refractivity contribution in [3.05, 3.63) is 107 Å². The first-order valence-electron chi connectivity index (χ1n) is 15.6. The van der Waals surface area contributed by atoms with Gasteiger partial charge in [0.1, 0.15) is 16.5 Å². The lowest BCUT2D eigenvalue weighted by Gasteiger charge is -2.30. The van der Waals surface area contributed by atoms with Crippen LogP contribution in [0.2, 0.25) is 0 Å². The van der Waals surface area contributed by atoms with Crippen LogP contribution >= 0.6 is 11.3 Å². The Kier molecular flexibility index (Phi) is 9.10. The fourth-order valence-corrected chi connectivity index (χ4v) is 6.61. The molecule has 1 aliphatic rings. The highest BCUT2D eigenvalue weighted by atomic mass is 32.1. The van der Waals surface area contributed by atoms with E-state index in [1.54, 1.807) is 17.1 Å². The van der Waals surface area contributed by atoms with E-state index in [1.807, 2.05) is 79.0 Å². The molecule has 236 valence electrons. The average Bonchev–Trinajstić information content (AvgIpc) is 3.71. The monoisotopic (exact) mass is 633 g/mol. The van der Waals surface area contributed by atoms with Gasteiger partial charge in [0.2, 0.25) is 0 Å². The molecule has 4 heterocycles. The van der Waals surface area contributed by atoms with E-state index in [1.165, 1.54) is 11.3 Å². The second-order valence-corrected chi connectivity index (χ2v) is 13.7. The molecule has 0 saturated carbocycles. The number of ketones is 1. The third-order valence-electron chi connectivity index (χ3n) is 8.32. The van der Waals surface area contributed by atoms with Gasteiger partial charge in [-0.3, -0.25) is 15.1 Å². The number of thiazole rings is 1. The number of Topliss-reactive ketones (excluding diaryl/α,β-unsaturated/α-hetero) is 1. The Bertz CT molecular complexity index is 1820. The fourth-order valence-electron chi connectivity index (χ4n) is 5.80. The van der Waals surface area contributed by atoms with Crippen molar-refractivity contribution in [1.29, 1.82) is 0 Å². The van der Waals surface area contributed by atoms with Crippen molar-refractivity contribution in [1.82, 2.24) is 25.1 Å². The van der Waals surface area contributed by atoms with E-state index in [9.17, 15) is 9.59 Å². The molecule has 1 saturated heterocycles. The Morgan fingerprint density at radius 2 is 1.72 bits per heavy atom. The predicted octanol–water partition coefficient (Wildman–Crippen LogP) is 7.61. The van der Waals surface area contributed by atoms with Gasteiger partial charge >= 0.3 is 6.03 Å². The van der Waals surface area contributed by atoms with Crippen molar-refractivity contribution in [3.8, 4) is 16.3 Å². The smallest absolute Gasteiger partial charge is 0.317 e. The van der Waals surface area contributed by atoms with E-state index in [4.69, 9.17) is 10.1 Å². The van der Waals surface area contributed by atoms with Crippen molar-refractivity contribution in [2.75, 3.05) is 23.7 Å². The molecule has 5 aromatic rings. The molecule has 3 aromatic heterocycles. The maximum Gasteiger partial charge on any atom is 0.324 e. The summed E-state index contributed by atoms with van der Waals surface area (Å²) in [5.41, 5.74) is 5.54. The lowest BCUT2D eigenvalue weighted by Crippen LogP contribution is -2.33. The average molecular weight is 634 g/mol. The number of anilines is 2. The number of nitrogens with zero attached hydrogens (tertiary/aromatic N) is 4. The minimum absolute atomic E-state index is 0.00164. The van der Waals surface area contributed by atoms with Crippen LogP contribution in [-0.2, 0) is 5.41 Å². The molecule has 1 atom stereocenters. The fraction of sp³-hybridized carbons (Fsp3) is 0.306. The number of nitrogens with one attached hydrogen (secondary N) is 3. The summed E-state index contributed by atoms with van der Waals surface area (Å²) in [7, 11) is 0. The number of amides is 2. The second-order valence-electron chi connectivity index (χ2n) is 12.8. The molecule has 0 bridgehead atoms. The minimum atomic E-state index is -0.392. The van der Waals surface area contributed by atoms with Crippen LogP contribution in [0, 0.1) is 12.8 Å². The van der Waals surface area contributed by atoms with Gasteiger partial charge in [-0.25, -0.2) is 14.5 Å². The van der Waals surface area contributed by atoms with Crippen LogP contribution in [0.15, 0.2) is 84.5 Å². The first-order valence-corrected chi connectivity index (χ1v) is 16.5. The quantitative estimate of drug-likeness (QED) is 0.152. The van der Waals surface area contributed by atoms with E-state index < -0.39 is 6.03 Å². The van der Waals surface area contributed by atoms with Gasteiger partial charge in [-0.15, -0.1) is 11.3 Å². The van der Waals surface area contributed by atoms with Gasteiger partial charge in [0.15, 0.2) is 5.78 Å². The first-order chi connectivity index (χ1) is 22.2. The molecule has 1 aliphatic heterocycles. The van der Waals surface area contributed by atoms with Gasteiger partial charge in [-0.1, -0.05) is 50.6 Å². The molecule has 10 heteroatoms. The van der Waals surface area contributed by atoms with E-state index in [-0.39, 0.29) is 23.0 Å². The van der Waals surface area contributed by atoms with Crippen LogP contribution in [-0.4, -0.2) is 44.7 Å². The standard InChI is InChI=1S/C36H39N7O2S/c1-23-8-10-28(11-9-23)43-31(21-30(42-43)36(2,3)4)41-35(45)39-27-7-5-6-26(20-27)32(24-12-16-37-17-13-24)33(44)29-22-46-34(40-29)25-14-18-38-19-15-25/h5-11,14-15,18-22,24,32,37H,12-13,16-17H2,1-4H3,(H2,39,41,45). The maximum absolute atomic E-state index is 14.1. The number of aryl methyl sites for hydroxylation is 1. The van der Waals surface area contributed by atoms with Crippen molar-refractivity contribution in [2.45, 2.75) is 51.9 Å². The van der Waals surface area contributed by atoms with Crippen molar-refractivity contribution in [3.63, 3.8) is 0 Å². The Morgan fingerprint density at radius 1 is 0.978 bits per heavy atom. The summed E-state index contributed by atoms with van der Waals surface area (Å²) in [6, 6.07) is 21.0. The summed E-state index contributed by atoms with van der Waals surface area (Å²) in [5, 5.41) is 16.9. The third-order valence-corrected chi connectivity index (χ3v) is 9.21. The van der Waals surface area contributed by atoms with Crippen molar-refractivity contribution < 1.29 is 9.59 Å². The SMILES string of the molecule is Cc1ccc(-n2nc(C(C)(C)C)cc2NC(=O)Nc2cccc(C(C(=O)c3csc(-c4ccncc4)n3)C3CCNCC3)c2)cc1. The van der Waals surface area contributed by atoms with E-state index >= 15 is 0 Å². The first kappa shape index (κ1) is 31.3. The minimum Gasteiger partial charge on any atom is -0.317 e. The zero-order chi connectivity index (χ0) is 32.3. The molecular weight excluding hydrogens is 595 g/mol. The number of hydrogen-bond donors (Lipinski definition) is 3. The zero-order valence-corrected chi connectivity index (χ0v) is 27.4. The lowest BCUT2D eigenvalue weighted by atomic mass is 9.77. The summed E-state index contributed by atoms with van der Waals surface area (Å²) in [6.07, 6.45) is 5.22. The maximum atomic E-state index is 14.1. The Balaban J connectivity index is 1.25. The largest absolute Gasteiger partial charge is 0.324 e. The van der Waals surface area contributed by atoms with Gasteiger partial charge in [-0.05, 0) is 80.7 Å². The number of carbonyl (C=O) groups is 2. The van der Waals surface area contributed by atoms with Gasteiger partial charge in [0, 0.05) is 40.5 Å². The van der Waals surface area contributed by atoms with Gasteiger partial charge in [0.05, 0.1) is 17.3 Å². The van der Waals surface area contributed by atoms with Gasteiger partial charge < -0.3 is 10.6 Å². The molecule has 1 unspecified atom stereocenters. The van der Waals surface area contributed by atoms with E-state index in [0.717, 1.165) is 59.0 Å². The van der Waals surface area contributed by atoms with Crippen LogP contribution in [0.4, 0.5) is 16.3 Å². The van der Waals surface area contributed by atoms with E-state index in [2.05, 4.69) is 41.7 Å². The summed E-state index contributed by atoms with van der Waals surface area (Å²) in [6.45, 7) is 10.0. The van der Waals surface area contributed by atoms with Crippen LogP contribution in [0.5, 0.6) is 0 Å². The number of pyridine rings is 1. The van der Waals surface area contributed by atoms with E-state index in [0.29, 0.717) is 17.2 Å². The Morgan fingerprint density at radius 3 is 2.43 bits per heavy atom. The molecule has 3 N–H and O–H groups in total. The number of aromatic nitrogens is 4. The normalized spacial score (nSPS) is 14.5. The summed E-state index contributed by atoms with van der Waals surface area (Å²) in [5.74, 6) is 0.348. The lowest BCUT2D eigenvalue weighted by molar-refractivity contribution is 0.0912. The van der Waals surface area contributed by atoms with Gasteiger partial charge in [0.25, 0.3) is 0 Å². The molecule has 9 nitrogen and oxygen atoms in total. The molecule has 0 radical (unpaired) electrons. The van der Waals surface area contributed by atoms with Crippen LogP contribution < -0.4 is 16.0 Å². The predicted molar refractivity (Wildman–Crippen MR) is 184 cm³/mol. The van der Waals surface area contributed by atoms with Crippen molar-refractivity contribution in [2.24, 2.45) is 5.92 Å².